The molecule has 1 heterocycles. The van der Waals surface area contributed by atoms with Gasteiger partial charge in [-0.25, -0.2) is 4.39 Å². The second-order valence-corrected chi connectivity index (χ2v) is 3.99. The predicted molar refractivity (Wildman–Crippen MR) is 62.4 cm³/mol. The van der Waals surface area contributed by atoms with Crippen LogP contribution >= 0.6 is 0 Å². The SMILES string of the molecule is Cc1nc(COc2ccc(C(C)N)c(F)c2)no1. The van der Waals surface area contributed by atoms with Gasteiger partial charge in [-0.2, -0.15) is 4.98 Å². The maximum atomic E-state index is 13.6. The van der Waals surface area contributed by atoms with E-state index in [1.165, 1.54) is 6.07 Å². The van der Waals surface area contributed by atoms with Crippen LogP contribution in [0.5, 0.6) is 5.75 Å². The number of rotatable bonds is 4. The molecule has 5 nitrogen and oxygen atoms in total. The van der Waals surface area contributed by atoms with Gasteiger partial charge in [-0.05, 0) is 13.0 Å². The molecule has 0 aliphatic carbocycles. The maximum absolute atomic E-state index is 13.6. The van der Waals surface area contributed by atoms with Crippen LogP contribution in [0.25, 0.3) is 0 Å². The molecule has 0 amide bonds. The third kappa shape index (κ3) is 2.84. The van der Waals surface area contributed by atoms with Crippen LogP contribution in [0.1, 0.15) is 30.2 Å². The first-order chi connectivity index (χ1) is 8.56. The van der Waals surface area contributed by atoms with Crippen LogP contribution < -0.4 is 10.5 Å². The zero-order valence-electron chi connectivity index (χ0n) is 10.2. The van der Waals surface area contributed by atoms with Crippen molar-refractivity contribution in [3.05, 3.63) is 41.3 Å². The highest BCUT2D eigenvalue weighted by molar-refractivity contribution is 5.30. The molecule has 1 atom stereocenters. The fraction of sp³-hybridized carbons (Fsp3) is 0.333. The Labute approximate surface area is 104 Å². The molecule has 2 N–H and O–H groups in total. The Bertz CT molecular complexity index is 540. The molecular formula is C12H14FN3O2. The van der Waals surface area contributed by atoms with Crippen molar-refractivity contribution in [2.45, 2.75) is 26.5 Å². The first-order valence-electron chi connectivity index (χ1n) is 5.53. The van der Waals surface area contributed by atoms with E-state index in [0.29, 0.717) is 23.0 Å². The predicted octanol–water partition coefficient (Wildman–Crippen LogP) is 2.12. The van der Waals surface area contributed by atoms with Gasteiger partial charge < -0.3 is 15.0 Å². The normalized spacial score (nSPS) is 12.4. The molecule has 18 heavy (non-hydrogen) atoms. The van der Waals surface area contributed by atoms with E-state index in [1.807, 2.05) is 0 Å². The minimum Gasteiger partial charge on any atom is -0.485 e. The van der Waals surface area contributed by atoms with Crippen LogP contribution in [0.3, 0.4) is 0 Å². The quantitative estimate of drug-likeness (QED) is 0.900. The molecular weight excluding hydrogens is 237 g/mol. The summed E-state index contributed by atoms with van der Waals surface area (Å²) in [6.07, 6.45) is 0. The number of ether oxygens (including phenoxy) is 1. The summed E-state index contributed by atoms with van der Waals surface area (Å²) in [6.45, 7) is 3.54. The van der Waals surface area contributed by atoms with E-state index >= 15 is 0 Å². The highest BCUT2D eigenvalue weighted by Crippen LogP contribution is 2.21. The number of hydrogen-bond donors (Lipinski definition) is 1. The van der Waals surface area contributed by atoms with Gasteiger partial charge in [-0.3, -0.25) is 0 Å². The standard InChI is InChI=1S/C12H14FN3O2/c1-7(14)10-4-3-9(5-11(10)13)17-6-12-15-8(2)18-16-12/h3-5,7H,6,14H2,1-2H3. The summed E-state index contributed by atoms with van der Waals surface area (Å²) in [5, 5.41) is 3.67. The molecule has 1 aromatic heterocycles. The van der Waals surface area contributed by atoms with Crippen molar-refractivity contribution in [1.29, 1.82) is 0 Å². The first-order valence-corrected chi connectivity index (χ1v) is 5.53. The minimum atomic E-state index is -0.383. The van der Waals surface area contributed by atoms with Crippen LogP contribution in [0.15, 0.2) is 22.7 Å². The molecule has 2 aromatic rings. The highest BCUT2D eigenvalue weighted by atomic mass is 19.1. The summed E-state index contributed by atoms with van der Waals surface area (Å²) in [5.41, 5.74) is 6.08. The Kier molecular flexibility index (Phi) is 3.57. The molecule has 96 valence electrons. The highest BCUT2D eigenvalue weighted by Gasteiger charge is 2.09. The monoisotopic (exact) mass is 251 g/mol. The molecule has 0 spiro atoms. The molecule has 0 fully saturated rings. The lowest BCUT2D eigenvalue weighted by Crippen LogP contribution is -2.07. The van der Waals surface area contributed by atoms with E-state index in [2.05, 4.69) is 10.1 Å². The van der Waals surface area contributed by atoms with Gasteiger partial charge >= 0.3 is 0 Å². The number of nitrogens with zero attached hydrogens (tertiary/aromatic N) is 2. The molecule has 0 aliphatic rings. The Hall–Kier alpha value is -1.95. The van der Waals surface area contributed by atoms with Crippen LogP contribution in [0.2, 0.25) is 0 Å². The summed E-state index contributed by atoms with van der Waals surface area (Å²) in [5.74, 6) is 0.905. The molecule has 1 unspecified atom stereocenters. The van der Waals surface area contributed by atoms with Gasteiger partial charge in [-0.1, -0.05) is 11.2 Å². The Morgan fingerprint density at radius 1 is 1.50 bits per heavy atom. The number of aryl methyl sites for hydroxylation is 1. The van der Waals surface area contributed by atoms with Crippen molar-refractivity contribution in [2.24, 2.45) is 5.73 Å². The van der Waals surface area contributed by atoms with Gasteiger partial charge in [-0.15, -0.1) is 0 Å². The third-order valence-corrected chi connectivity index (χ3v) is 2.40. The van der Waals surface area contributed by atoms with Crippen LogP contribution in [-0.4, -0.2) is 10.1 Å². The first kappa shape index (κ1) is 12.5. The van der Waals surface area contributed by atoms with Gasteiger partial charge in [0.25, 0.3) is 0 Å². The van der Waals surface area contributed by atoms with Crippen molar-refractivity contribution in [3.8, 4) is 5.75 Å². The smallest absolute Gasteiger partial charge is 0.223 e. The molecule has 0 saturated carbocycles. The molecule has 1 aromatic carbocycles. The molecule has 6 heteroatoms. The Morgan fingerprint density at radius 3 is 2.83 bits per heavy atom. The van der Waals surface area contributed by atoms with E-state index < -0.39 is 0 Å². The van der Waals surface area contributed by atoms with Crippen molar-refractivity contribution >= 4 is 0 Å². The van der Waals surface area contributed by atoms with E-state index in [1.54, 1.807) is 26.0 Å². The average Bonchev–Trinajstić information content (AvgIpc) is 2.72. The summed E-state index contributed by atoms with van der Waals surface area (Å²) in [6, 6.07) is 4.22. The van der Waals surface area contributed by atoms with Crippen LogP contribution in [0.4, 0.5) is 4.39 Å². The summed E-state index contributed by atoms with van der Waals surface area (Å²) in [7, 11) is 0. The van der Waals surface area contributed by atoms with E-state index in [9.17, 15) is 4.39 Å². The zero-order chi connectivity index (χ0) is 13.1. The minimum absolute atomic E-state index is 0.133. The van der Waals surface area contributed by atoms with Crippen molar-refractivity contribution in [1.82, 2.24) is 10.1 Å². The zero-order valence-corrected chi connectivity index (χ0v) is 10.2. The number of benzene rings is 1. The van der Waals surface area contributed by atoms with Crippen molar-refractivity contribution in [2.75, 3.05) is 0 Å². The second kappa shape index (κ2) is 5.14. The van der Waals surface area contributed by atoms with Gasteiger partial charge in [0, 0.05) is 24.6 Å². The second-order valence-electron chi connectivity index (χ2n) is 3.99. The fourth-order valence-corrected chi connectivity index (χ4v) is 1.51. The van der Waals surface area contributed by atoms with Gasteiger partial charge in [0.05, 0.1) is 0 Å². The van der Waals surface area contributed by atoms with Crippen LogP contribution in [0, 0.1) is 12.7 Å². The van der Waals surface area contributed by atoms with Crippen LogP contribution in [-0.2, 0) is 6.61 Å². The lowest BCUT2D eigenvalue weighted by Gasteiger charge is -2.09. The Balaban J connectivity index is 2.04. The molecule has 0 bridgehead atoms. The van der Waals surface area contributed by atoms with E-state index in [-0.39, 0.29) is 18.5 Å². The number of nitrogens with two attached hydrogens (primary N) is 1. The largest absolute Gasteiger partial charge is 0.485 e. The lowest BCUT2D eigenvalue weighted by molar-refractivity contribution is 0.284. The molecule has 0 radical (unpaired) electrons. The van der Waals surface area contributed by atoms with Gasteiger partial charge in [0.15, 0.2) is 6.61 Å². The third-order valence-electron chi connectivity index (χ3n) is 2.40. The molecule has 0 saturated heterocycles. The van der Waals surface area contributed by atoms with Gasteiger partial charge in [0.2, 0.25) is 11.7 Å². The topological polar surface area (TPSA) is 74.2 Å². The van der Waals surface area contributed by atoms with E-state index in [0.717, 1.165) is 0 Å². The van der Waals surface area contributed by atoms with Crippen molar-refractivity contribution in [3.63, 3.8) is 0 Å². The summed E-state index contributed by atoms with van der Waals surface area (Å²) in [4.78, 5) is 3.98. The molecule has 2 rings (SSSR count). The lowest BCUT2D eigenvalue weighted by atomic mass is 10.1. The Morgan fingerprint density at radius 2 is 2.28 bits per heavy atom. The molecule has 0 aliphatic heterocycles. The number of aromatic nitrogens is 2. The van der Waals surface area contributed by atoms with Gasteiger partial charge in [0.1, 0.15) is 11.6 Å². The number of hydrogen-bond acceptors (Lipinski definition) is 5. The number of halogens is 1. The maximum Gasteiger partial charge on any atom is 0.223 e. The fourth-order valence-electron chi connectivity index (χ4n) is 1.51. The summed E-state index contributed by atoms with van der Waals surface area (Å²) < 4.78 is 23.8. The van der Waals surface area contributed by atoms with E-state index in [4.69, 9.17) is 15.0 Å². The average molecular weight is 251 g/mol. The van der Waals surface area contributed by atoms with Crippen molar-refractivity contribution < 1.29 is 13.7 Å². The summed E-state index contributed by atoms with van der Waals surface area (Å²) >= 11 is 0.